The van der Waals surface area contributed by atoms with Crippen molar-refractivity contribution in [2.24, 2.45) is 5.92 Å². The number of hydrogen-bond donors (Lipinski definition) is 1. The first-order valence-electron chi connectivity index (χ1n) is 9.82. The Bertz CT molecular complexity index is 888. The second-order valence-corrected chi connectivity index (χ2v) is 7.74. The third-order valence-corrected chi connectivity index (χ3v) is 5.18. The second-order valence-electron chi connectivity index (χ2n) is 7.34. The van der Waals surface area contributed by atoms with Crippen LogP contribution < -0.4 is 10.2 Å². The Morgan fingerprint density at radius 2 is 1.69 bits per heavy atom. The molecule has 1 saturated heterocycles. The highest BCUT2D eigenvalue weighted by atomic mass is 35.5. The monoisotopic (exact) mass is 411 g/mol. The van der Waals surface area contributed by atoms with Gasteiger partial charge in [0.25, 0.3) is 0 Å². The Balaban J connectivity index is 1.70. The van der Waals surface area contributed by atoms with E-state index in [1.54, 1.807) is 6.08 Å². The number of amides is 2. The van der Waals surface area contributed by atoms with Crippen LogP contribution in [0.4, 0.5) is 11.4 Å². The van der Waals surface area contributed by atoms with Crippen molar-refractivity contribution in [3.05, 3.63) is 65.2 Å². The van der Waals surface area contributed by atoms with Gasteiger partial charge in [0, 0.05) is 38.2 Å². The molecule has 0 unspecified atom stereocenters. The van der Waals surface area contributed by atoms with E-state index < -0.39 is 0 Å². The van der Waals surface area contributed by atoms with E-state index in [1.807, 2.05) is 67.3 Å². The standard InChI is InChI=1S/C23H26ClN3O2/c1-17(2)23(29)27-15-13-26(14-16-27)22-19(24)9-6-10-20(22)25-21(28)12-11-18-7-4-3-5-8-18/h3-12,17H,13-16H2,1-2H3,(H,25,28)/b12-11+. The van der Waals surface area contributed by atoms with Crippen molar-refractivity contribution in [3.8, 4) is 0 Å². The van der Waals surface area contributed by atoms with Gasteiger partial charge in [-0.25, -0.2) is 0 Å². The number of hydrogen-bond acceptors (Lipinski definition) is 3. The van der Waals surface area contributed by atoms with Crippen LogP contribution in [0.1, 0.15) is 19.4 Å². The van der Waals surface area contributed by atoms with Gasteiger partial charge >= 0.3 is 0 Å². The SMILES string of the molecule is CC(C)C(=O)N1CCN(c2c(Cl)cccc2NC(=O)/C=C/c2ccccc2)CC1. The van der Waals surface area contributed by atoms with Gasteiger partial charge in [-0.2, -0.15) is 0 Å². The zero-order chi connectivity index (χ0) is 20.8. The Kier molecular flexibility index (Phi) is 6.94. The highest BCUT2D eigenvalue weighted by Gasteiger charge is 2.25. The molecule has 0 aliphatic carbocycles. The Hall–Kier alpha value is -2.79. The Labute approximate surface area is 177 Å². The van der Waals surface area contributed by atoms with Crippen molar-refractivity contribution in [1.82, 2.24) is 4.90 Å². The van der Waals surface area contributed by atoms with E-state index >= 15 is 0 Å². The molecule has 6 heteroatoms. The molecular formula is C23H26ClN3O2. The van der Waals surface area contributed by atoms with Gasteiger partial charge in [0.1, 0.15) is 0 Å². The van der Waals surface area contributed by atoms with Crippen LogP contribution in [0, 0.1) is 5.92 Å². The molecule has 2 aromatic carbocycles. The molecule has 1 fully saturated rings. The number of halogens is 1. The number of piperazine rings is 1. The lowest BCUT2D eigenvalue weighted by molar-refractivity contribution is -0.134. The lowest BCUT2D eigenvalue weighted by atomic mass is 10.1. The molecule has 0 radical (unpaired) electrons. The molecular weight excluding hydrogens is 386 g/mol. The number of nitrogens with one attached hydrogen (secondary N) is 1. The van der Waals surface area contributed by atoms with Gasteiger partial charge < -0.3 is 15.1 Å². The van der Waals surface area contributed by atoms with Crippen molar-refractivity contribution < 1.29 is 9.59 Å². The highest BCUT2D eigenvalue weighted by Crippen LogP contribution is 2.34. The molecule has 5 nitrogen and oxygen atoms in total. The van der Waals surface area contributed by atoms with Crippen LogP contribution in [0.15, 0.2) is 54.6 Å². The smallest absolute Gasteiger partial charge is 0.248 e. The van der Waals surface area contributed by atoms with Crippen LogP contribution in [0.2, 0.25) is 5.02 Å². The largest absolute Gasteiger partial charge is 0.365 e. The molecule has 2 aromatic rings. The van der Waals surface area contributed by atoms with E-state index in [4.69, 9.17) is 11.6 Å². The normalized spacial score (nSPS) is 14.5. The molecule has 2 amide bonds. The summed E-state index contributed by atoms with van der Waals surface area (Å²) in [5.74, 6) is -0.0533. The van der Waals surface area contributed by atoms with Crippen LogP contribution >= 0.6 is 11.6 Å². The number of anilines is 2. The summed E-state index contributed by atoms with van der Waals surface area (Å²) in [5.41, 5.74) is 2.43. The average molecular weight is 412 g/mol. The number of rotatable bonds is 5. The van der Waals surface area contributed by atoms with Crippen molar-refractivity contribution in [3.63, 3.8) is 0 Å². The third kappa shape index (κ3) is 5.39. The first-order valence-corrected chi connectivity index (χ1v) is 10.2. The zero-order valence-electron chi connectivity index (χ0n) is 16.8. The van der Waals surface area contributed by atoms with Crippen molar-refractivity contribution in [2.75, 3.05) is 36.4 Å². The average Bonchev–Trinajstić information content (AvgIpc) is 2.73. The minimum Gasteiger partial charge on any atom is -0.365 e. The summed E-state index contributed by atoms with van der Waals surface area (Å²) in [6, 6.07) is 15.1. The molecule has 1 aliphatic heterocycles. The van der Waals surface area contributed by atoms with Gasteiger partial charge in [-0.3, -0.25) is 9.59 Å². The molecule has 1 N–H and O–H groups in total. The van der Waals surface area contributed by atoms with E-state index in [1.165, 1.54) is 6.08 Å². The minimum absolute atomic E-state index is 0.00638. The number of benzene rings is 2. The van der Waals surface area contributed by atoms with Crippen molar-refractivity contribution in [2.45, 2.75) is 13.8 Å². The maximum Gasteiger partial charge on any atom is 0.248 e. The van der Waals surface area contributed by atoms with Crippen LogP contribution in [0.5, 0.6) is 0 Å². The van der Waals surface area contributed by atoms with Gasteiger partial charge in [-0.05, 0) is 23.8 Å². The van der Waals surface area contributed by atoms with Gasteiger partial charge in [-0.15, -0.1) is 0 Å². The summed E-state index contributed by atoms with van der Waals surface area (Å²) in [5, 5.41) is 3.52. The van der Waals surface area contributed by atoms with Crippen LogP contribution in [0.3, 0.4) is 0 Å². The number of carbonyl (C=O) groups is 2. The maximum atomic E-state index is 12.4. The molecule has 1 heterocycles. The summed E-state index contributed by atoms with van der Waals surface area (Å²) < 4.78 is 0. The first-order chi connectivity index (χ1) is 14.0. The van der Waals surface area contributed by atoms with Gasteiger partial charge in [0.05, 0.1) is 16.4 Å². The quantitative estimate of drug-likeness (QED) is 0.746. The van der Waals surface area contributed by atoms with E-state index in [0.717, 1.165) is 11.3 Å². The lowest BCUT2D eigenvalue weighted by Crippen LogP contribution is -2.50. The molecule has 3 rings (SSSR count). The first kappa shape index (κ1) is 20.9. The van der Waals surface area contributed by atoms with E-state index in [2.05, 4.69) is 10.2 Å². The Morgan fingerprint density at radius 1 is 1.00 bits per heavy atom. The summed E-state index contributed by atoms with van der Waals surface area (Å²) in [4.78, 5) is 28.7. The Morgan fingerprint density at radius 3 is 2.34 bits per heavy atom. The van der Waals surface area contributed by atoms with Crippen LogP contribution in [0.25, 0.3) is 6.08 Å². The molecule has 0 aromatic heterocycles. The van der Waals surface area contributed by atoms with E-state index in [0.29, 0.717) is 36.9 Å². The number of nitrogens with zero attached hydrogens (tertiary/aromatic N) is 2. The van der Waals surface area contributed by atoms with Gasteiger partial charge in [-0.1, -0.05) is 61.8 Å². The maximum absolute atomic E-state index is 12.4. The fourth-order valence-electron chi connectivity index (χ4n) is 3.36. The number of para-hydroxylation sites is 1. The summed E-state index contributed by atoms with van der Waals surface area (Å²) >= 11 is 6.48. The topological polar surface area (TPSA) is 52.7 Å². The van der Waals surface area contributed by atoms with Crippen LogP contribution in [-0.2, 0) is 9.59 Å². The van der Waals surface area contributed by atoms with Crippen molar-refractivity contribution in [1.29, 1.82) is 0 Å². The molecule has 0 spiro atoms. The predicted molar refractivity (Wildman–Crippen MR) is 119 cm³/mol. The summed E-state index contributed by atoms with van der Waals surface area (Å²) in [7, 11) is 0. The van der Waals surface area contributed by atoms with Gasteiger partial charge in [0.2, 0.25) is 11.8 Å². The fourth-order valence-corrected chi connectivity index (χ4v) is 3.66. The highest BCUT2D eigenvalue weighted by molar-refractivity contribution is 6.34. The van der Waals surface area contributed by atoms with Crippen molar-refractivity contribution >= 4 is 40.9 Å². The zero-order valence-corrected chi connectivity index (χ0v) is 17.5. The molecule has 0 saturated carbocycles. The second kappa shape index (κ2) is 9.61. The predicted octanol–water partition coefficient (Wildman–Crippen LogP) is 4.30. The number of carbonyl (C=O) groups excluding carboxylic acids is 2. The van der Waals surface area contributed by atoms with E-state index in [9.17, 15) is 9.59 Å². The van der Waals surface area contributed by atoms with Crippen LogP contribution in [-0.4, -0.2) is 42.9 Å². The minimum atomic E-state index is -0.217. The van der Waals surface area contributed by atoms with E-state index in [-0.39, 0.29) is 17.7 Å². The lowest BCUT2D eigenvalue weighted by Gasteiger charge is -2.38. The van der Waals surface area contributed by atoms with Gasteiger partial charge in [0.15, 0.2) is 0 Å². The fraction of sp³-hybridized carbons (Fsp3) is 0.304. The third-order valence-electron chi connectivity index (χ3n) is 4.87. The molecule has 1 aliphatic rings. The molecule has 29 heavy (non-hydrogen) atoms. The summed E-state index contributed by atoms with van der Waals surface area (Å²) in [6.07, 6.45) is 3.29. The molecule has 0 atom stereocenters. The molecule has 0 bridgehead atoms. The summed E-state index contributed by atoms with van der Waals surface area (Å²) in [6.45, 7) is 6.46. The molecule has 152 valence electrons.